The van der Waals surface area contributed by atoms with Gasteiger partial charge in [0.15, 0.2) is 0 Å². The van der Waals surface area contributed by atoms with E-state index in [0.29, 0.717) is 29.2 Å². The number of aryl methyl sites for hydroxylation is 1. The van der Waals surface area contributed by atoms with Gasteiger partial charge in [-0.3, -0.25) is 4.79 Å². The number of carbonyl (C=O) groups is 1. The standard InChI is InChI=1S/C22H25N5O3/c1-15-7-9-17(14-28)21(25-15)30-18-10-8-16(2)26(13-18)22(29)19-5-3-4-6-20(19)27-23-11-12-24-27/h3-7,9,11-12,16,18,28H,8,10,13-14H2,1-2H3/t16-,18-/m1/s1. The molecular weight excluding hydrogens is 382 g/mol. The van der Waals surface area contributed by atoms with Crippen LogP contribution in [0.3, 0.4) is 0 Å². The second-order valence-corrected chi connectivity index (χ2v) is 7.53. The maximum absolute atomic E-state index is 13.4. The van der Waals surface area contributed by atoms with E-state index in [1.165, 1.54) is 4.80 Å². The van der Waals surface area contributed by atoms with Crippen LogP contribution in [0.15, 0.2) is 48.8 Å². The lowest BCUT2D eigenvalue weighted by atomic mass is 9.99. The third-order valence-electron chi connectivity index (χ3n) is 5.40. The summed E-state index contributed by atoms with van der Waals surface area (Å²) in [4.78, 5) is 21.2. The summed E-state index contributed by atoms with van der Waals surface area (Å²) in [7, 11) is 0. The molecular formula is C22H25N5O3. The zero-order chi connectivity index (χ0) is 21.1. The van der Waals surface area contributed by atoms with E-state index in [0.717, 1.165) is 18.5 Å². The van der Waals surface area contributed by atoms with Gasteiger partial charge in [0.1, 0.15) is 6.10 Å². The Morgan fingerprint density at radius 3 is 2.70 bits per heavy atom. The van der Waals surface area contributed by atoms with E-state index < -0.39 is 0 Å². The van der Waals surface area contributed by atoms with Gasteiger partial charge in [0, 0.05) is 17.3 Å². The van der Waals surface area contributed by atoms with E-state index in [9.17, 15) is 9.90 Å². The van der Waals surface area contributed by atoms with Crippen LogP contribution in [0, 0.1) is 6.92 Å². The number of aliphatic hydroxyl groups is 1. The van der Waals surface area contributed by atoms with Crippen molar-refractivity contribution in [2.45, 2.75) is 45.4 Å². The zero-order valence-corrected chi connectivity index (χ0v) is 17.1. The highest BCUT2D eigenvalue weighted by atomic mass is 16.5. The van der Waals surface area contributed by atoms with Gasteiger partial charge in [0.25, 0.3) is 5.91 Å². The fourth-order valence-corrected chi connectivity index (χ4v) is 3.72. The number of ether oxygens (including phenoxy) is 1. The maximum atomic E-state index is 13.4. The number of likely N-dealkylation sites (tertiary alicyclic amines) is 1. The van der Waals surface area contributed by atoms with Crippen LogP contribution < -0.4 is 4.74 Å². The number of nitrogens with zero attached hydrogens (tertiary/aromatic N) is 5. The van der Waals surface area contributed by atoms with Crippen molar-refractivity contribution in [3.63, 3.8) is 0 Å². The normalized spacial score (nSPS) is 19.0. The Bertz CT molecular complexity index is 1020. The molecule has 1 aliphatic heterocycles. The van der Waals surface area contributed by atoms with Gasteiger partial charge in [-0.05, 0) is 51.0 Å². The Kier molecular flexibility index (Phi) is 5.76. The van der Waals surface area contributed by atoms with E-state index in [1.807, 2.05) is 49.1 Å². The number of piperidine rings is 1. The fraction of sp³-hybridized carbons (Fsp3) is 0.364. The smallest absolute Gasteiger partial charge is 0.256 e. The molecule has 30 heavy (non-hydrogen) atoms. The lowest BCUT2D eigenvalue weighted by Gasteiger charge is -2.38. The molecule has 1 N–H and O–H groups in total. The highest BCUT2D eigenvalue weighted by Crippen LogP contribution is 2.26. The van der Waals surface area contributed by atoms with Crippen LogP contribution in [0.25, 0.3) is 5.69 Å². The first kappa shape index (κ1) is 20.0. The minimum Gasteiger partial charge on any atom is -0.472 e. The number of aromatic nitrogens is 4. The van der Waals surface area contributed by atoms with E-state index in [2.05, 4.69) is 15.2 Å². The van der Waals surface area contributed by atoms with Crippen LogP contribution in [0.1, 0.15) is 41.4 Å². The van der Waals surface area contributed by atoms with E-state index in [4.69, 9.17) is 4.74 Å². The lowest BCUT2D eigenvalue weighted by molar-refractivity contribution is 0.0366. The number of amides is 1. The van der Waals surface area contributed by atoms with Gasteiger partial charge in [-0.15, -0.1) is 0 Å². The molecule has 1 aliphatic rings. The predicted molar refractivity (Wildman–Crippen MR) is 110 cm³/mol. The molecule has 3 heterocycles. The number of rotatable bonds is 5. The summed E-state index contributed by atoms with van der Waals surface area (Å²) in [5.41, 5.74) is 2.66. The van der Waals surface area contributed by atoms with Crippen molar-refractivity contribution >= 4 is 5.91 Å². The number of aliphatic hydroxyl groups excluding tert-OH is 1. The second-order valence-electron chi connectivity index (χ2n) is 7.53. The first-order valence-corrected chi connectivity index (χ1v) is 10.1. The van der Waals surface area contributed by atoms with Crippen molar-refractivity contribution in [1.82, 2.24) is 24.9 Å². The van der Waals surface area contributed by atoms with Gasteiger partial charge in [0.05, 0.1) is 36.8 Å². The third kappa shape index (κ3) is 4.04. The molecule has 3 aromatic rings. The zero-order valence-electron chi connectivity index (χ0n) is 17.1. The quantitative estimate of drug-likeness (QED) is 0.699. The van der Waals surface area contributed by atoms with Gasteiger partial charge in [-0.25, -0.2) is 4.98 Å². The monoisotopic (exact) mass is 407 g/mol. The summed E-state index contributed by atoms with van der Waals surface area (Å²) in [5.74, 6) is 0.355. The van der Waals surface area contributed by atoms with Crippen LogP contribution in [0.5, 0.6) is 5.88 Å². The number of para-hydroxylation sites is 1. The Morgan fingerprint density at radius 1 is 1.17 bits per heavy atom. The molecule has 0 aliphatic carbocycles. The number of hydrogen-bond donors (Lipinski definition) is 1. The average Bonchev–Trinajstić information content (AvgIpc) is 3.30. The molecule has 0 bridgehead atoms. The Labute approximate surface area is 175 Å². The second kappa shape index (κ2) is 8.62. The average molecular weight is 407 g/mol. The fourth-order valence-electron chi connectivity index (χ4n) is 3.72. The first-order valence-electron chi connectivity index (χ1n) is 10.1. The molecule has 2 aromatic heterocycles. The van der Waals surface area contributed by atoms with Gasteiger partial charge >= 0.3 is 0 Å². The van der Waals surface area contributed by atoms with Gasteiger partial charge < -0.3 is 14.7 Å². The molecule has 4 rings (SSSR count). The third-order valence-corrected chi connectivity index (χ3v) is 5.40. The van der Waals surface area contributed by atoms with Crippen molar-refractivity contribution in [2.24, 2.45) is 0 Å². The van der Waals surface area contributed by atoms with Crippen molar-refractivity contribution in [3.8, 4) is 11.6 Å². The van der Waals surface area contributed by atoms with E-state index in [-0.39, 0.29) is 24.7 Å². The van der Waals surface area contributed by atoms with Gasteiger partial charge in [-0.2, -0.15) is 15.0 Å². The molecule has 1 aromatic carbocycles. The molecule has 1 saturated heterocycles. The first-order chi connectivity index (χ1) is 14.6. The Morgan fingerprint density at radius 2 is 1.93 bits per heavy atom. The molecule has 0 radical (unpaired) electrons. The molecule has 0 saturated carbocycles. The van der Waals surface area contributed by atoms with E-state index in [1.54, 1.807) is 18.5 Å². The highest BCUT2D eigenvalue weighted by Gasteiger charge is 2.32. The number of carbonyl (C=O) groups excluding carboxylic acids is 1. The van der Waals surface area contributed by atoms with Crippen molar-refractivity contribution < 1.29 is 14.6 Å². The number of hydrogen-bond acceptors (Lipinski definition) is 6. The molecule has 2 atom stereocenters. The molecule has 1 fully saturated rings. The Balaban J connectivity index is 1.56. The maximum Gasteiger partial charge on any atom is 0.256 e. The molecule has 1 amide bonds. The highest BCUT2D eigenvalue weighted by molar-refractivity contribution is 5.98. The summed E-state index contributed by atoms with van der Waals surface area (Å²) in [6.45, 7) is 4.24. The van der Waals surface area contributed by atoms with Crippen LogP contribution >= 0.6 is 0 Å². The molecule has 156 valence electrons. The van der Waals surface area contributed by atoms with Crippen LogP contribution in [0.4, 0.5) is 0 Å². The topological polar surface area (TPSA) is 93.4 Å². The van der Waals surface area contributed by atoms with Crippen molar-refractivity contribution in [3.05, 3.63) is 65.6 Å². The van der Waals surface area contributed by atoms with Gasteiger partial charge in [-0.1, -0.05) is 12.1 Å². The number of benzene rings is 1. The summed E-state index contributed by atoms with van der Waals surface area (Å²) in [6, 6.07) is 11.1. The molecule has 8 heteroatoms. The van der Waals surface area contributed by atoms with Crippen molar-refractivity contribution in [2.75, 3.05) is 6.54 Å². The van der Waals surface area contributed by atoms with Crippen molar-refractivity contribution in [1.29, 1.82) is 0 Å². The molecule has 8 nitrogen and oxygen atoms in total. The largest absolute Gasteiger partial charge is 0.472 e. The Hall–Kier alpha value is -3.26. The van der Waals surface area contributed by atoms with E-state index >= 15 is 0 Å². The minimum atomic E-state index is -0.195. The summed E-state index contributed by atoms with van der Waals surface area (Å²) >= 11 is 0. The number of pyridine rings is 1. The summed E-state index contributed by atoms with van der Waals surface area (Å²) in [6.07, 6.45) is 4.61. The predicted octanol–water partition coefficient (Wildman–Crippen LogP) is 2.54. The van der Waals surface area contributed by atoms with Crippen LogP contribution in [-0.2, 0) is 6.61 Å². The molecule has 0 unspecified atom stereocenters. The minimum absolute atomic E-state index is 0.0803. The summed E-state index contributed by atoms with van der Waals surface area (Å²) in [5, 5.41) is 17.9. The summed E-state index contributed by atoms with van der Waals surface area (Å²) < 4.78 is 6.13. The lowest BCUT2D eigenvalue weighted by Crippen LogP contribution is -2.49. The SMILES string of the molecule is Cc1ccc(CO)c(O[C@@H]2CC[C@@H](C)N(C(=O)c3ccccc3-n3nccn3)C2)n1. The van der Waals surface area contributed by atoms with Crippen LogP contribution in [-0.4, -0.2) is 54.6 Å². The molecule has 0 spiro atoms. The van der Waals surface area contributed by atoms with Crippen LogP contribution in [0.2, 0.25) is 0 Å². The van der Waals surface area contributed by atoms with Gasteiger partial charge in [0.2, 0.25) is 5.88 Å².